The van der Waals surface area contributed by atoms with Crippen LogP contribution in [-0.2, 0) is 28.6 Å². The van der Waals surface area contributed by atoms with E-state index in [9.17, 15) is 14.4 Å². The van der Waals surface area contributed by atoms with Gasteiger partial charge in [-0.2, -0.15) is 0 Å². The molecule has 0 saturated carbocycles. The van der Waals surface area contributed by atoms with E-state index in [1.54, 1.807) is 0 Å². The highest BCUT2D eigenvalue weighted by molar-refractivity contribution is 5.71. The lowest BCUT2D eigenvalue weighted by Gasteiger charge is -2.18. The predicted molar refractivity (Wildman–Crippen MR) is 357 cm³/mol. The zero-order valence-corrected chi connectivity index (χ0v) is 53.5. The van der Waals surface area contributed by atoms with E-state index < -0.39 is 6.10 Å². The first-order valence-electron chi connectivity index (χ1n) is 34.2. The summed E-state index contributed by atoms with van der Waals surface area (Å²) < 4.78 is 16.9. The van der Waals surface area contributed by atoms with E-state index in [1.165, 1.54) is 116 Å². The van der Waals surface area contributed by atoms with Crippen LogP contribution in [0.3, 0.4) is 0 Å². The Bertz CT molecular complexity index is 1730. The second kappa shape index (κ2) is 69.0. The largest absolute Gasteiger partial charge is 0.462 e. The maximum absolute atomic E-state index is 12.9. The maximum atomic E-state index is 12.9. The summed E-state index contributed by atoms with van der Waals surface area (Å²) in [6, 6.07) is 0. The number of esters is 3. The average Bonchev–Trinajstić information content (AvgIpc) is 3.47. The first-order chi connectivity index (χ1) is 40.5. The van der Waals surface area contributed by atoms with Crippen molar-refractivity contribution in [3.63, 3.8) is 0 Å². The number of hydrogen-bond acceptors (Lipinski definition) is 6. The van der Waals surface area contributed by atoms with E-state index in [0.717, 1.165) is 154 Å². The van der Waals surface area contributed by atoms with Gasteiger partial charge in [0.2, 0.25) is 0 Å². The van der Waals surface area contributed by atoms with E-state index in [-0.39, 0.29) is 31.1 Å². The lowest BCUT2D eigenvalue weighted by atomic mass is 10.0. The van der Waals surface area contributed by atoms with Gasteiger partial charge >= 0.3 is 17.9 Å². The molecule has 0 heterocycles. The van der Waals surface area contributed by atoms with Crippen molar-refractivity contribution in [3.8, 4) is 0 Å². The van der Waals surface area contributed by atoms with Gasteiger partial charge in [0.05, 0.1) is 0 Å². The number of carbonyl (C=O) groups excluding carboxylic acids is 3. The van der Waals surface area contributed by atoms with Gasteiger partial charge in [0.1, 0.15) is 13.2 Å². The zero-order chi connectivity index (χ0) is 59.2. The first kappa shape index (κ1) is 77.5. The van der Waals surface area contributed by atoms with Crippen LogP contribution in [-0.4, -0.2) is 37.2 Å². The Labute approximate surface area is 506 Å². The highest BCUT2D eigenvalue weighted by atomic mass is 16.6. The van der Waals surface area contributed by atoms with Gasteiger partial charge in [-0.05, 0) is 116 Å². The normalized spacial score (nSPS) is 13.0. The molecule has 0 rings (SSSR count). The number of unbranched alkanes of at least 4 members (excludes halogenated alkanes) is 28. The van der Waals surface area contributed by atoms with Crippen molar-refractivity contribution < 1.29 is 28.6 Å². The quantitative estimate of drug-likeness (QED) is 0.0261. The molecule has 0 aliphatic rings. The van der Waals surface area contributed by atoms with E-state index in [4.69, 9.17) is 14.2 Å². The van der Waals surface area contributed by atoms with Gasteiger partial charge < -0.3 is 14.2 Å². The van der Waals surface area contributed by atoms with Crippen molar-refractivity contribution in [1.82, 2.24) is 0 Å². The molecular weight excluding hydrogens is 1010 g/mol. The van der Waals surface area contributed by atoms with Crippen molar-refractivity contribution >= 4 is 17.9 Å². The van der Waals surface area contributed by atoms with Crippen LogP contribution in [0.15, 0.2) is 134 Å². The topological polar surface area (TPSA) is 78.9 Å². The van der Waals surface area contributed by atoms with E-state index >= 15 is 0 Å². The van der Waals surface area contributed by atoms with Crippen molar-refractivity contribution in [1.29, 1.82) is 0 Å². The van der Waals surface area contributed by atoms with Crippen molar-refractivity contribution in [2.45, 2.75) is 316 Å². The second-order valence-electron chi connectivity index (χ2n) is 22.4. The molecule has 0 amide bonds. The Morgan fingerprint density at radius 3 is 0.805 bits per heavy atom. The average molecular weight is 1140 g/mol. The summed E-state index contributed by atoms with van der Waals surface area (Å²) >= 11 is 0. The predicted octanol–water partition coefficient (Wildman–Crippen LogP) is 23.7. The van der Waals surface area contributed by atoms with Crippen LogP contribution in [0.2, 0.25) is 0 Å². The fourth-order valence-electron chi connectivity index (χ4n) is 9.30. The number of carbonyl (C=O) groups is 3. The maximum Gasteiger partial charge on any atom is 0.306 e. The van der Waals surface area contributed by atoms with Crippen LogP contribution in [0, 0.1) is 0 Å². The summed E-state index contributed by atoms with van der Waals surface area (Å²) in [6.45, 7) is 6.45. The monoisotopic (exact) mass is 1130 g/mol. The van der Waals surface area contributed by atoms with Crippen LogP contribution in [0.25, 0.3) is 0 Å². The number of allylic oxidation sites excluding steroid dienone is 22. The number of rotatable bonds is 61. The molecule has 1 unspecified atom stereocenters. The van der Waals surface area contributed by atoms with Crippen molar-refractivity contribution in [2.75, 3.05) is 13.2 Å². The summed E-state index contributed by atoms with van der Waals surface area (Å²) in [5, 5.41) is 0. The molecule has 1 atom stereocenters. The van der Waals surface area contributed by atoms with Gasteiger partial charge in [0.25, 0.3) is 0 Å². The highest BCUT2D eigenvalue weighted by Crippen LogP contribution is 2.17. The minimum absolute atomic E-state index is 0.0969. The SMILES string of the molecule is CC/C=C\C/C=C\C/C=C\C/C=C\C/C=C\C/C=C\C/C=C\C/C=C\C/C=C\CCCCCC(=O)OCC(COC(=O)CCCCCCC/C=C\C/C=C\CCC)OC(=O)CCCCCCCCCCCCCCCCCCCCCC. The zero-order valence-electron chi connectivity index (χ0n) is 53.5. The highest BCUT2D eigenvalue weighted by Gasteiger charge is 2.19. The molecule has 6 nitrogen and oxygen atoms in total. The molecule has 0 aromatic carbocycles. The fraction of sp³-hybridized carbons (Fsp3) is 0.671. The molecule has 466 valence electrons. The minimum atomic E-state index is -0.802. The summed E-state index contributed by atoms with van der Waals surface area (Å²) in [5.41, 5.74) is 0. The molecule has 0 aromatic rings. The third kappa shape index (κ3) is 66.4. The molecule has 0 fully saturated rings. The van der Waals surface area contributed by atoms with Gasteiger partial charge in [0.15, 0.2) is 6.10 Å². The van der Waals surface area contributed by atoms with Crippen molar-refractivity contribution in [2.24, 2.45) is 0 Å². The summed E-state index contributed by atoms with van der Waals surface area (Å²) in [4.78, 5) is 38.4. The molecular formula is C76H126O6. The minimum Gasteiger partial charge on any atom is -0.462 e. The molecule has 82 heavy (non-hydrogen) atoms. The van der Waals surface area contributed by atoms with Crippen LogP contribution < -0.4 is 0 Å². The lowest BCUT2D eigenvalue weighted by molar-refractivity contribution is -0.167. The fourth-order valence-corrected chi connectivity index (χ4v) is 9.30. The van der Waals surface area contributed by atoms with Crippen LogP contribution in [0.5, 0.6) is 0 Å². The van der Waals surface area contributed by atoms with Gasteiger partial charge in [-0.15, -0.1) is 0 Å². The molecule has 0 aliphatic heterocycles. The van der Waals surface area contributed by atoms with E-state index in [1.807, 2.05) is 0 Å². The summed E-state index contributed by atoms with van der Waals surface area (Å²) in [5.74, 6) is -0.936. The smallest absolute Gasteiger partial charge is 0.306 e. The van der Waals surface area contributed by atoms with Gasteiger partial charge in [0, 0.05) is 19.3 Å². The van der Waals surface area contributed by atoms with Crippen molar-refractivity contribution in [3.05, 3.63) is 134 Å². The van der Waals surface area contributed by atoms with Crippen LogP contribution >= 0.6 is 0 Å². The Morgan fingerprint density at radius 2 is 0.500 bits per heavy atom. The van der Waals surface area contributed by atoms with Crippen LogP contribution in [0.1, 0.15) is 310 Å². The summed E-state index contributed by atoms with van der Waals surface area (Å²) in [7, 11) is 0. The molecule has 0 saturated heterocycles. The Balaban J connectivity index is 4.38. The Morgan fingerprint density at radius 1 is 0.256 bits per heavy atom. The Kier molecular flexibility index (Phi) is 65.3. The third-order valence-corrected chi connectivity index (χ3v) is 14.4. The molecule has 0 bridgehead atoms. The number of ether oxygens (including phenoxy) is 3. The molecule has 6 heteroatoms. The summed E-state index contributed by atoms with van der Waals surface area (Å²) in [6.07, 6.45) is 97.6. The number of hydrogen-bond donors (Lipinski definition) is 0. The molecule has 0 spiro atoms. The molecule has 0 aromatic heterocycles. The molecule has 0 radical (unpaired) electrons. The lowest BCUT2D eigenvalue weighted by Crippen LogP contribution is -2.30. The first-order valence-corrected chi connectivity index (χ1v) is 34.2. The Hall–Kier alpha value is -4.45. The molecule has 0 N–H and O–H groups in total. The van der Waals surface area contributed by atoms with Crippen LogP contribution in [0.4, 0.5) is 0 Å². The van der Waals surface area contributed by atoms with E-state index in [2.05, 4.69) is 154 Å². The third-order valence-electron chi connectivity index (χ3n) is 14.4. The van der Waals surface area contributed by atoms with Gasteiger partial charge in [-0.25, -0.2) is 0 Å². The standard InChI is InChI=1S/C76H126O6/c1-4-7-10-13-16-19-22-25-27-29-31-33-34-35-36-37-38-39-40-41-42-43-45-46-48-51-54-57-60-63-66-69-75(78)81-72-73(71-80-74(77)68-65-62-59-56-53-50-24-21-18-15-12-9-6-3)82-76(79)70-67-64-61-58-55-52-49-47-44-32-30-28-26-23-20-17-14-11-8-5-2/h7,10,12,15-16,19,21,24-25,27,31,33,35-36,38-39,41-42,45-46,51,54,73H,4-6,8-9,11,13-14,17-18,20,22-23,26,28-30,32,34,37,40,43-44,47-50,52-53,55-72H2,1-3H3/b10-7-,15-12-,19-16-,24-21-,27-25-,33-31-,36-35-,39-38-,42-41-,46-45-,54-51-. The van der Waals surface area contributed by atoms with E-state index in [0.29, 0.717) is 19.3 Å². The van der Waals surface area contributed by atoms with Gasteiger partial charge in [-0.3, -0.25) is 14.4 Å². The second-order valence-corrected chi connectivity index (χ2v) is 22.4. The molecule has 0 aliphatic carbocycles. The van der Waals surface area contributed by atoms with Gasteiger partial charge in [-0.1, -0.05) is 309 Å².